The van der Waals surface area contributed by atoms with Crippen molar-refractivity contribution in [3.8, 4) is 5.69 Å². The fourth-order valence-corrected chi connectivity index (χ4v) is 3.44. The van der Waals surface area contributed by atoms with Crippen LogP contribution in [0.15, 0.2) is 59.7 Å². The molecule has 136 valence electrons. The minimum atomic E-state index is 0.707. The van der Waals surface area contributed by atoms with Crippen LogP contribution in [-0.4, -0.2) is 20.3 Å². The summed E-state index contributed by atoms with van der Waals surface area (Å²) in [5.41, 5.74) is 9.44. The Kier molecular flexibility index (Phi) is 4.46. The van der Waals surface area contributed by atoms with Crippen molar-refractivity contribution >= 4 is 34.8 Å². The first-order valence-electron chi connectivity index (χ1n) is 8.70. The van der Waals surface area contributed by atoms with E-state index < -0.39 is 0 Å². The van der Waals surface area contributed by atoms with Crippen molar-refractivity contribution in [2.75, 3.05) is 5.43 Å². The van der Waals surface area contributed by atoms with Gasteiger partial charge >= 0.3 is 0 Å². The van der Waals surface area contributed by atoms with E-state index in [9.17, 15) is 0 Å². The summed E-state index contributed by atoms with van der Waals surface area (Å²) >= 11 is 6.01. The first-order valence-corrected chi connectivity index (χ1v) is 9.08. The third-order valence-electron chi connectivity index (χ3n) is 4.71. The highest BCUT2D eigenvalue weighted by atomic mass is 35.5. The molecule has 6 heteroatoms. The fourth-order valence-electron chi connectivity index (χ4n) is 3.31. The number of hydrogen-bond donors (Lipinski definition) is 1. The summed E-state index contributed by atoms with van der Waals surface area (Å²) in [6.07, 6.45) is 1.83. The highest BCUT2D eigenvalue weighted by Crippen LogP contribution is 2.22. The van der Waals surface area contributed by atoms with Gasteiger partial charge in [0.05, 0.1) is 17.2 Å². The molecule has 0 aliphatic heterocycles. The number of anilines is 1. The number of aromatic nitrogens is 3. The van der Waals surface area contributed by atoms with Crippen LogP contribution in [-0.2, 0) is 7.05 Å². The number of aryl methyl sites for hydroxylation is 2. The van der Waals surface area contributed by atoms with Crippen LogP contribution >= 0.6 is 11.6 Å². The maximum absolute atomic E-state index is 6.01. The second kappa shape index (κ2) is 6.93. The molecule has 0 amide bonds. The highest BCUT2D eigenvalue weighted by Gasteiger charge is 2.10. The van der Waals surface area contributed by atoms with E-state index >= 15 is 0 Å². The van der Waals surface area contributed by atoms with Crippen LogP contribution in [0.2, 0.25) is 5.02 Å². The molecule has 0 spiro atoms. The van der Waals surface area contributed by atoms with Crippen molar-refractivity contribution < 1.29 is 0 Å². The Morgan fingerprint density at radius 3 is 2.56 bits per heavy atom. The van der Waals surface area contributed by atoms with Crippen molar-refractivity contribution in [2.24, 2.45) is 12.1 Å². The van der Waals surface area contributed by atoms with E-state index in [1.807, 2.05) is 66.4 Å². The third kappa shape index (κ3) is 3.22. The van der Waals surface area contributed by atoms with Crippen LogP contribution in [0.3, 0.4) is 0 Å². The summed E-state index contributed by atoms with van der Waals surface area (Å²) in [6, 6.07) is 18.0. The van der Waals surface area contributed by atoms with Crippen LogP contribution in [0.4, 0.5) is 5.95 Å². The molecule has 2 aromatic carbocycles. The van der Waals surface area contributed by atoms with Gasteiger partial charge in [0.2, 0.25) is 5.95 Å². The monoisotopic (exact) mass is 377 g/mol. The van der Waals surface area contributed by atoms with Crippen LogP contribution in [0, 0.1) is 13.8 Å². The molecule has 0 radical (unpaired) electrons. The minimum Gasteiger partial charge on any atom is -0.318 e. The van der Waals surface area contributed by atoms with E-state index in [-0.39, 0.29) is 0 Å². The molecule has 0 atom stereocenters. The second-order valence-electron chi connectivity index (χ2n) is 6.49. The van der Waals surface area contributed by atoms with E-state index in [0.29, 0.717) is 5.95 Å². The molecule has 0 saturated heterocycles. The molecule has 2 heterocycles. The van der Waals surface area contributed by atoms with Gasteiger partial charge in [-0.25, -0.2) is 10.4 Å². The number of fused-ring (bicyclic) bond motifs is 1. The van der Waals surface area contributed by atoms with Gasteiger partial charge in [0, 0.05) is 34.7 Å². The number of nitrogens with zero attached hydrogens (tertiary/aromatic N) is 4. The topological polar surface area (TPSA) is 47.1 Å². The first kappa shape index (κ1) is 17.4. The lowest BCUT2D eigenvalue weighted by atomic mass is 10.2. The van der Waals surface area contributed by atoms with E-state index in [1.54, 1.807) is 0 Å². The Morgan fingerprint density at radius 2 is 1.81 bits per heavy atom. The lowest BCUT2D eigenvalue weighted by Crippen LogP contribution is -2.00. The summed E-state index contributed by atoms with van der Waals surface area (Å²) in [5.74, 6) is 0.707. The molecule has 0 bridgehead atoms. The van der Waals surface area contributed by atoms with E-state index in [4.69, 9.17) is 11.6 Å². The largest absolute Gasteiger partial charge is 0.318 e. The van der Waals surface area contributed by atoms with Gasteiger partial charge in [-0.2, -0.15) is 5.10 Å². The quantitative estimate of drug-likeness (QED) is 0.398. The molecule has 4 rings (SSSR count). The molecule has 4 aromatic rings. The number of benzene rings is 2. The van der Waals surface area contributed by atoms with Gasteiger partial charge in [-0.15, -0.1) is 0 Å². The number of para-hydroxylation sites is 2. The zero-order valence-corrected chi connectivity index (χ0v) is 16.2. The normalized spacial score (nSPS) is 11.6. The van der Waals surface area contributed by atoms with Crippen LogP contribution in [0.1, 0.15) is 17.0 Å². The number of hydrogen-bond acceptors (Lipinski definition) is 3. The zero-order valence-electron chi connectivity index (χ0n) is 15.4. The number of nitrogens with one attached hydrogen (secondary N) is 1. The Balaban J connectivity index is 1.60. The Bertz CT molecular complexity index is 1140. The third-order valence-corrected chi connectivity index (χ3v) is 4.96. The SMILES string of the molecule is Cc1cc(/C=N\Nc2nc3ccccc3n2C)c(C)n1-c1ccc(Cl)cc1. The molecule has 0 aliphatic carbocycles. The van der Waals surface area contributed by atoms with Crippen LogP contribution in [0.25, 0.3) is 16.7 Å². The van der Waals surface area contributed by atoms with Gasteiger partial charge in [0.25, 0.3) is 0 Å². The number of hydrazone groups is 1. The zero-order chi connectivity index (χ0) is 19.0. The molecule has 0 fully saturated rings. The van der Waals surface area contributed by atoms with Gasteiger partial charge < -0.3 is 9.13 Å². The summed E-state index contributed by atoms with van der Waals surface area (Å²) in [5, 5.41) is 5.13. The smallest absolute Gasteiger partial charge is 0.224 e. The number of halogens is 1. The van der Waals surface area contributed by atoms with E-state index in [2.05, 4.69) is 40.0 Å². The molecule has 0 saturated carbocycles. The van der Waals surface area contributed by atoms with Gasteiger partial charge in [-0.3, -0.25) is 0 Å². The average molecular weight is 378 g/mol. The van der Waals surface area contributed by atoms with Gasteiger partial charge in [0.1, 0.15) is 0 Å². The molecule has 27 heavy (non-hydrogen) atoms. The van der Waals surface area contributed by atoms with Crippen molar-refractivity contribution in [3.05, 3.63) is 76.6 Å². The highest BCUT2D eigenvalue weighted by molar-refractivity contribution is 6.30. The Morgan fingerprint density at radius 1 is 1.07 bits per heavy atom. The lowest BCUT2D eigenvalue weighted by molar-refractivity contribution is 0.943. The molecule has 0 unspecified atom stereocenters. The molecular formula is C21H20ClN5. The maximum Gasteiger partial charge on any atom is 0.224 e. The Hall–Kier alpha value is -3.05. The summed E-state index contributed by atoms with van der Waals surface area (Å²) < 4.78 is 4.18. The molecule has 5 nitrogen and oxygen atoms in total. The van der Waals surface area contributed by atoms with Gasteiger partial charge in [-0.05, 0) is 56.3 Å². The molecular weight excluding hydrogens is 358 g/mol. The Labute approximate surface area is 162 Å². The van der Waals surface area contributed by atoms with E-state index in [1.165, 1.54) is 0 Å². The predicted molar refractivity (Wildman–Crippen MR) is 112 cm³/mol. The molecule has 1 N–H and O–H groups in total. The van der Waals surface area contributed by atoms with Crippen molar-refractivity contribution in [3.63, 3.8) is 0 Å². The fraction of sp³-hybridized carbons (Fsp3) is 0.143. The first-order chi connectivity index (χ1) is 13.0. The number of imidazole rings is 1. The minimum absolute atomic E-state index is 0.707. The van der Waals surface area contributed by atoms with Crippen molar-refractivity contribution in [2.45, 2.75) is 13.8 Å². The van der Waals surface area contributed by atoms with Crippen LogP contribution < -0.4 is 5.43 Å². The second-order valence-corrected chi connectivity index (χ2v) is 6.93. The molecule has 0 aliphatic rings. The summed E-state index contributed by atoms with van der Waals surface area (Å²) in [6.45, 7) is 4.16. The van der Waals surface area contributed by atoms with Crippen molar-refractivity contribution in [1.82, 2.24) is 14.1 Å². The predicted octanol–water partition coefficient (Wildman–Crippen LogP) is 5.08. The molecule has 2 aromatic heterocycles. The summed E-state index contributed by atoms with van der Waals surface area (Å²) in [7, 11) is 1.97. The lowest BCUT2D eigenvalue weighted by Gasteiger charge is -2.09. The van der Waals surface area contributed by atoms with E-state index in [0.717, 1.165) is 38.7 Å². The van der Waals surface area contributed by atoms with Gasteiger partial charge in [0.15, 0.2) is 0 Å². The number of rotatable bonds is 4. The van der Waals surface area contributed by atoms with Crippen LogP contribution in [0.5, 0.6) is 0 Å². The summed E-state index contributed by atoms with van der Waals surface area (Å²) in [4.78, 5) is 4.56. The standard InChI is InChI=1S/C21H20ClN5/c1-14-12-16(15(2)27(14)18-10-8-17(22)9-11-18)13-23-25-21-24-19-6-4-5-7-20(19)26(21)3/h4-13H,1-3H3,(H,24,25)/b23-13-. The maximum atomic E-state index is 6.01. The van der Waals surface area contributed by atoms with Crippen molar-refractivity contribution in [1.29, 1.82) is 0 Å². The van der Waals surface area contributed by atoms with Gasteiger partial charge in [-0.1, -0.05) is 23.7 Å². The average Bonchev–Trinajstić information content (AvgIpc) is 3.13.